The summed E-state index contributed by atoms with van der Waals surface area (Å²) < 4.78 is 31.9. The Morgan fingerprint density at radius 2 is 2.00 bits per heavy atom. The third-order valence-corrected chi connectivity index (χ3v) is 8.12. The molecule has 0 spiro atoms. The monoisotopic (exact) mass is 586 g/mol. The third kappa shape index (κ3) is 4.77. The number of halogens is 1. The number of hydrogen-bond donors (Lipinski definition) is 1. The fraction of sp³-hybridized carbons (Fsp3) is 0.219. The second kappa shape index (κ2) is 10.9. The molecular weight excluding hydrogens is 559 g/mol. The summed E-state index contributed by atoms with van der Waals surface area (Å²) in [4.78, 5) is 33.1. The highest BCUT2D eigenvalue weighted by molar-refractivity contribution is 7.22. The van der Waals surface area contributed by atoms with Crippen molar-refractivity contribution in [2.45, 2.75) is 32.4 Å². The molecule has 0 radical (unpaired) electrons. The Kier molecular flexibility index (Phi) is 7.16. The van der Waals surface area contributed by atoms with Crippen molar-refractivity contribution in [1.29, 1.82) is 0 Å². The second-order valence-corrected chi connectivity index (χ2v) is 11.0. The molecule has 42 heavy (non-hydrogen) atoms. The molecule has 2 atom stereocenters. The Morgan fingerprint density at radius 3 is 2.79 bits per heavy atom. The molecule has 2 aliphatic heterocycles. The highest BCUT2D eigenvalue weighted by atomic mass is 32.1. The Hall–Kier alpha value is -4.70. The van der Waals surface area contributed by atoms with E-state index in [2.05, 4.69) is 11.6 Å². The van der Waals surface area contributed by atoms with Gasteiger partial charge in [0.05, 0.1) is 28.4 Å². The van der Waals surface area contributed by atoms with Gasteiger partial charge in [0.2, 0.25) is 0 Å². The van der Waals surface area contributed by atoms with E-state index in [1.165, 1.54) is 23.1 Å². The zero-order valence-corrected chi connectivity index (χ0v) is 23.7. The first-order valence-electron chi connectivity index (χ1n) is 13.5. The zero-order valence-electron chi connectivity index (χ0n) is 22.9. The number of carbonyl (C=O) groups is 2. The number of aliphatic hydroxyl groups is 1. The first-order chi connectivity index (χ1) is 20.3. The van der Waals surface area contributed by atoms with Crippen LogP contribution in [0.2, 0.25) is 0 Å². The van der Waals surface area contributed by atoms with Crippen molar-refractivity contribution in [1.82, 2.24) is 4.98 Å². The first-order valence-corrected chi connectivity index (χ1v) is 14.3. The van der Waals surface area contributed by atoms with Crippen LogP contribution in [0.5, 0.6) is 17.2 Å². The number of anilines is 1. The van der Waals surface area contributed by atoms with E-state index >= 15 is 0 Å². The molecule has 10 heteroatoms. The summed E-state index contributed by atoms with van der Waals surface area (Å²) in [6.45, 7) is 8.05. The van der Waals surface area contributed by atoms with Crippen LogP contribution < -0.4 is 19.1 Å². The van der Waals surface area contributed by atoms with Gasteiger partial charge in [-0.05, 0) is 73.5 Å². The van der Waals surface area contributed by atoms with Gasteiger partial charge in [0, 0.05) is 12.0 Å². The number of hydrogen-bond acceptors (Lipinski definition) is 8. The van der Waals surface area contributed by atoms with E-state index in [0.717, 1.165) is 16.9 Å². The molecule has 1 N–H and O–H groups in total. The Balaban J connectivity index is 1.54. The van der Waals surface area contributed by atoms with Crippen molar-refractivity contribution in [3.63, 3.8) is 0 Å². The third-order valence-electron chi connectivity index (χ3n) is 7.10. The summed E-state index contributed by atoms with van der Waals surface area (Å²) in [7, 11) is 0. The number of thiazole rings is 1. The Bertz CT molecular complexity index is 1780. The van der Waals surface area contributed by atoms with Gasteiger partial charge < -0.3 is 19.3 Å². The van der Waals surface area contributed by atoms with Crippen molar-refractivity contribution in [2.24, 2.45) is 0 Å². The SMILES string of the molecule is C=CCOc1ccc(C2C(=C(O)c3ccc4c(c3)CC(C)O4)C(=O)C(=O)N2c2nc3ccc(F)cc3s2)cc1OCC. The largest absolute Gasteiger partial charge is 0.507 e. The molecule has 1 fully saturated rings. The van der Waals surface area contributed by atoms with Crippen LogP contribution in [0, 0.1) is 5.82 Å². The number of fused-ring (bicyclic) bond motifs is 2. The van der Waals surface area contributed by atoms with Crippen LogP contribution in [0.25, 0.3) is 16.0 Å². The first kappa shape index (κ1) is 27.5. The number of benzene rings is 3. The summed E-state index contributed by atoms with van der Waals surface area (Å²) in [5, 5.41) is 11.8. The number of ether oxygens (including phenoxy) is 3. The number of aliphatic hydroxyl groups excluding tert-OH is 1. The lowest BCUT2D eigenvalue weighted by Crippen LogP contribution is -2.29. The van der Waals surface area contributed by atoms with Crippen LogP contribution in [0.4, 0.5) is 9.52 Å². The average Bonchev–Trinajstić information content (AvgIpc) is 3.63. The van der Waals surface area contributed by atoms with Crippen molar-refractivity contribution >= 4 is 44.1 Å². The van der Waals surface area contributed by atoms with Crippen LogP contribution >= 0.6 is 11.3 Å². The zero-order chi connectivity index (χ0) is 29.5. The van der Waals surface area contributed by atoms with Crippen LogP contribution in [0.3, 0.4) is 0 Å². The molecule has 2 unspecified atom stereocenters. The average molecular weight is 587 g/mol. The molecule has 1 amide bonds. The normalized spacial score (nSPS) is 19.2. The fourth-order valence-electron chi connectivity index (χ4n) is 5.29. The van der Waals surface area contributed by atoms with E-state index in [1.54, 1.807) is 42.5 Å². The maximum atomic E-state index is 14.0. The summed E-state index contributed by atoms with van der Waals surface area (Å²) >= 11 is 1.08. The molecule has 0 aliphatic carbocycles. The summed E-state index contributed by atoms with van der Waals surface area (Å²) in [5.74, 6) is -0.905. The van der Waals surface area contributed by atoms with Crippen molar-refractivity contribution in [2.75, 3.05) is 18.1 Å². The lowest BCUT2D eigenvalue weighted by Gasteiger charge is -2.24. The predicted molar refractivity (Wildman–Crippen MR) is 158 cm³/mol. The van der Waals surface area contributed by atoms with Gasteiger partial charge in [-0.2, -0.15) is 0 Å². The lowest BCUT2D eigenvalue weighted by atomic mass is 9.94. The molecule has 8 nitrogen and oxygen atoms in total. The van der Waals surface area contributed by atoms with Crippen molar-refractivity contribution < 1.29 is 33.3 Å². The summed E-state index contributed by atoms with van der Waals surface area (Å²) in [6.07, 6.45) is 2.25. The molecule has 0 saturated carbocycles. The molecule has 1 saturated heterocycles. The molecule has 1 aromatic heterocycles. The minimum Gasteiger partial charge on any atom is -0.507 e. The van der Waals surface area contributed by atoms with E-state index in [4.69, 9.17) is 14.2 Å². The summed E-state index contributed by atoms with van der Waals surface area (Å²) in [5.41, 5.74) is 2.16. The van der Waals surface area contributed by atoms with Gasteiger partial charge >= 0.3 is 5.91 Å². The molecule has 0 bridgehead atoms. The number of rotatable bonds is 8. The van der Waals surface area contributed by atoms with Gasteiger partial charge in [-0.1, -0.05) is 30.1 Å². The predicted octanol–water partition coefficient (Wildman–Crippen LogP) is 6.35. The quantitative estimate of drug-likeness (QED) is 0.111. The van der Waals surface area contributed by atoms with Crippen LogP contribution in [-0.2, 0) is 16.0 Å². The van der Waals surface area contributed by atoms with E-state index in [1.807, 2.05) is 13.8 Å². The van der Waals surface area contributed by atoms with E-state index in [0.29, 0.717) is 51.6 Å². The van der Waals surface area contributed by atoms with Crippen molar-refractivity contribution in [3.05, 3.63) is 95.3 Å². The van der Waals surface area contributed by atoms with Crippen molar-refractivity contribution in [3.8, 4) is 17.2 Å². The minimum absolute atomic E-state index is 0.00865. The van der Waals surface area contributed by atoms with Gasteiger partial charge in [0.15, 0.2) is 16.6 Å². The molecule has 2 aliphatic rings. The number of ketones is 1. The lowest BCUT2D eigenvalue weighted by molar-refractivity contribution is -0.132. The minimum atomic E-state index is -1.05. The molecule has 3 aromatic carbocycles. The molecule has 4 aromatic rings. The molecule has 3 heterocycles. The highest BCUT2D eigenvalue weighted by Gasteiger charge is 2.48. The van der Waals surface area contributed by atoms with Gasteiger partial charge in [-0.25, -0.2) is 9.37 Å². The van der Waals surface area contributed by atoms with Crippen LogP contribution in [0.1, 0.15) is 36.6 Å². The van der Waals surface area contributed by atoms with Crippen LogP contribution in [0.15, 0.2) is 72.8 Å². The Labute approximate surface area is 245 Å². The molecular formula is C32H27FN2O6S. The maximum absolute atomic E-state index is 14.0. The van der Waals surface area contributed by atoms with E-state index in [9.17, 15) is 19.1 Å². The fourth-order valence-corrected chi connectivity index (χ4v) is 6.31. The number of amides is 1. The highest BCUT2D eigenvalue weighted by Crippen LogP contribution is 2.46. The maximum Gasteiger partial charge on any atom is 0.301 e. The number of nitrogens with zero attached hydrogens (tertiary/aromatic N) is 2. The van der Waals surface area contributed by atoms with E-state index < -0.39 is 23.5 Å². The number of carbonyl (C=O) groups excluding carboxylic acids is 2. The standard InChI is InChI=1S/C32H27FN2O6S/c1-4-12-40-24-11-6-18(15-25(24)39-5-2)28-27(29(36)19-7-10-23-20(14-19)13-17(3)41-23)30(37)31(38)35(28)32-34-22-9-8-21(33)16-26(22)42-32/h4,6-11,14-17,28,36H,1,5,12-13H2,2-3H3. The number of aromatic nitrogens is 1. The smallest absolute Gasteiger partial charge is 0.301 e. The molecule has 214 valence electrons. The topological polar surface area (TPSA) is 98.2 Å². The van der Waals surface area contributed by atoms with Gasteiger partial charge in [-0.3, -0.25) is 14.5 Å². The summed E-state index contributed by atoms with van der Waals surface area (Å²) in [6, 6.07) is 13.3. The van der Waals surface area contributed by atoms with Crippen LogP contribution in [-0.4, -0.2) is 41.1 Å². The second-order valence-electron chi connectivity index (χ2n) is 9.97. The molecule has 6 rings (SSSR count). The van der Waals surface area contributed by atoms with Gasteiger partial charge in [0.25, 0.3) is 5.78 Å². The van der Waals surface area contributed by atoms with Gasteiger partial charge in [-0.15, -0.1) is 0 Å². The van der Waals surface area contributed by atoms with Gasteiger partial charge in [0.1, 0.15) is 30.0 Å². The van der Waals surface area contributed by atoms with E-state index in [-0.39, 0.29) is 29.2 Å². The number of Topliss-reactive ketones (excluding diaryl/α,β-unsaturated/α-hetero) is 1. The Morgan fingerprint density at radius 1 is 1.17 bits per heavy atom.